The summed E-state index contributed by atoms with van der Waals surface area (Å²) in [6, 6.07) is 0. The van der Waals surface area contributed by atoms with E-state index in [-0.39, 0.29) is 12.1 Å². The third-order valence-corrected chi connectivity index (χ3v) is 40.3. The fourth-order valence-corrected chi connectivity index (χ4v) is 39.1. The van der Waals surface area contributed by atoms with Gasteiger partial charge in [-0.25, -0.2) is 0 Å². The van der Waals surface area contributed by atoms with Crippen molar-refractivity contribution >= 4 is 391 Å². The van der Waals surface area contributed by atoms with Gasteiger partial charge >= 0.3 is 5.97 Å². The lowest BCUT2D eigenvalue weighted by atomic mass is 9.50. The van der Waals surface area contributed by atoms with Crippen LogP contribution in [0.15, 0.2) is 25.4 Å². The number of carbonyl (C=O) groups is 1. The number of carbonyl (C=O) groups excluding carboxylic acids is 1. The second-order valence-corrected chi connectivity index (χ2v) is 40.5. The number of ether oxygens (including phenoxy) is 1. The highest BCUT2D eigenvalue weighted by Gasteiger charge is 2.73. The number of rotatable bonds is 15. The Kier molecular flexibility index (Phi) is 5.69. The molecule has 35 rings (SSSR count). The Labute approximate surface area is 548 Å². The van der Waals surface area contributed by atoms with E-state index in [1.54, 1.807) is 325 Å². The fraction of sp³-hybridized carbons (Fsp3) is 0.207. The third kappa shape index (κ3) is 3.15. The number of benzene rings is 18. The second-order valence-electron chi connectivity index (χ2n) is 30.8. The maximum absolute atomic E-state index is 15.6. The Balaban J connectivity index is 0.676. The Morgan fingerprint density at radius 1 is 0.326 bits per heavy atom. The van der Waals surface area contributed by atoms with E-state index in [2.05, 4.69) is 43.6 Å². The largest absolute Gasteiger partial charge is 0.462 e. The van der Waals surface area contributed by atoms with Crippen LogP contribution in [0.4, 0.5) is 0 Å². The standard InChI is InChI=1S/C82H32O2S8/c1-4-6-8-10-86-77-78(87-11-9-7-5-2)92-80(91-77)79-89-75(85-3)76(90-79)88-14-16(83)84-15-12-81-71-63-55-45-35-27-19-17-18-21-25-23(19)31-39-33(25)43-37-29(21)30-22(18)26-24-20(17)28(27)36-42-32(24)40-34(26)44-38(30)48-47(37)57-51(43)61-53(39)59(49(55)41(31)35)67(71)69(61)73-65(57)66-58(48)52(44)62-54(40)60-50(42)56(46(36)45)64(63)72(81)68(60)70(62)74(66)82(73,81)13-15/h15H,4-14H2,1-3H3. The van der Waals surface area contributed by atoms with Crippen LogP contribution in [0.2, 0.25) is 0 Å². The molecular weight excluding hydrogens is 1270 g/mol. The quantitative estimate of drug-likeness (QED) is 0.0561. The predicted octanol–water partition coefficient (Wildman–Crippen LogP) is 26.3. The van der Waals surface area contributed by atoms with Crippen LogP contribution >= 0.6 is 94.1 Å². The maximum Gasteiger partial charge on any atom is 0.316 e. The zero-order valence-electron chi connectivity index (χ0n) is 48.9. The average Bonchev–Trinajstić information content (AvgIpc) is 1.38. The SMILES string of the molecule is CCCCCSC1=C(SCCCCC)SC(=C2SC(SC)=C(SCC(=O)OC3CC45c6c7c8c9c%10c%11c(c%12c%13c4c4c6c6c%14c7c7c8c8c%10c%10c%15c%11c%11c%12c%12c%13c%13c4c4c6c6c%14c%14c7c7c8c%10c8c%10c%15c%11c%11c%12c%12c%13c4c4c6c6c%14c7c8c7c%10c%11c%12c4c67)C95C3)S2)S1. The molecule has 0 bridgehead atoms. The smallest absolute Gasteiger partial charge is 0.316 e. The van der Waals surface area contributed by atoms with Crippen molar-refractivity contribution in [1.29, 1.82) is 0 Å². The first kappa shape index (κ1) is 43.8. The first-order valence-electron chi connectivity index (χ1n) is 33.9. The van der Waals surface area contributed by atoms with Crippen LogP contribution in [-0.2, 0) is 20.4 Å². The van der Waals surface area contributed by atoms with E-state index in [0.29, 0.717) is 5.75 Å². The van der Waals surface area contributed by atoms with Gasteiger partial charge in [-0.05, 0) is 357 Å². The lowest BCUT2D eigenvalue weighted by molar-refractivity contribution is -0.145. The van der Waals surface area contributed by atoms with Crippen molar-refractivity contribution < 1.29 is 9.53 Å². The Morgan fingerprint density at radius 2 is 0.543 bits per heavy atom. The van der Waals surface area contributed by atoms with Crippen LogP contribution < -0.4 is 0 Å². The minimum Gasteiger partial charge on any atom is -0.462 e. The van der Waals surface area contributed by atoms with Crippen molar-refractivity contribution in [3.05, 3.63) is 47.7 Å². The van der Waals surface area contributed by atoms with E-state index < -0.39 is 10.8 Å². The molecule has 420 valence electrons. The number of thioether (sulfide) groups is 8. The topological polar surface area (TPSA) is 26.3 Å². The van der Waals surface area contributed by atoms with Crippen LogP contribution in [0.1, 0.15) is 87.5 Å². The molecule has 0 amide bonds. The van der Waals surface area contributed by atoms with Gasteiger partial charge in [0, 0.05) is 10.8 Å². The molecule has 2 spiro atoms. The van der Waals surface area contributed by atoms with Crippen LogP contribution in [0.3, 0.4) is 0 Å². The van der Waals surface area contributed by atoms with Crippen LogP contribution in [0, 0.1) is 0 Å². The summed E-state index contributed by atoms with van der Waals surface area (Å²) < 4.78 is 16.0. The molecule has 0 radical (unpaired) electrons. The fourth-order valence-electron chi connectivity index (χ4n) is 27.6. The van der Waals surface area contributed by atoms with Gasteiger partial charge in [-0.2, -0.15) is 0 Å². The summed E-state index contributed by atoms with van der Waals surface area (Å²) in [5.41, 5.74) is 5.92. The molecule has 28 aromatic rings. The van der Waals surface area contributed by atoms with E-state index >= 15 is 4.79 Å². The van der Waals surface area contributed by atoms with E-state index in [1.165, 1.54) is 75.5 Å². The molecule has 0 N–H and O–H groups in total. The Hall–Kier alpha value is -6.05. The third-order valence-electron chi connectivity index (χ3n) is 28.8. The lowest BCUT2D eigenvalue weighted by Gasteiger charge is -2.50. The molecular formula is C82H32O2S8. The summed E-state index contributed by atoms with van der Waals surface area (Å²) in [5, 5.41) is 88.0. The number of hydrogen-bond acceptors (Lipinski definition) is 10. The molecule has 1 fully saturated rings. The molecule has 5 aliphatic carbocycles. The van der Waals surface area contributed by atoms with Gasteiger partial charge in [0.15, 0.2) is 0 Å². The van der Waals surface area contributed by atoms with Crippen molar-refractivity contribution in [1.82, 2.24) is 0 Å². The van der Waals surface area contributed by atoms with E-state index in [0.717, 1.165) is 12.8 Å². The monoisotopic (exact) mass is 1300 g/mol. The highest BCUT2D eigenvalue weighted by atomic mass is 32.3. The summed E-state index contributed by atoms with van der Waals surface area (Å²) in [6.07, 6.45) is 11.4. The molecule has 1 saturated carbocycles. The van der Waals surface area contributed by atoms with E-state index in [4.69, 9.17) is 4.74 Å². The van der Waals surface area contributed by atoms with Crippen molar-refractivity contribution in [2.75, 3.05) is 23.5 Å². The summed E-state index contributed by atoms with van der Waals surface area (Å²) in [4.78, 5) is 15.6. The van der Waals surface area contributed by atoms with Gasteiger partial charge in [0.2, 0.25) is 0 Å². The van der Waals surface area contributed by atoms with Crippen molar-refractivity contribution in [2.45, 2.75) is 82.1 Å². The second kappa shape index (κ2) is 11.9. The van der Waals surface area contributed by atoms with Crippen molar-refractivity contribution in [3.63, 3.8) is 0 Å². The molecule has 7 aliphatic rings. The molecule has 2 nitrogen and oxygen atoms in total. The molecule has 92 heavy (non-hydrogen) atoms. The zero-order chi connectivity index (χ0) is 57.2. The minimum absolute atomic E-state index is 0.0361. The molecule has 0 atom stereocenters. The first-order chi connectivity index (χ1) is 45.6. The van der Waals surface area contributed by atoms with Crippen LogP contribution in [0.25, 0.3) is 291 Å². The lowest BCUT2D eigenvalue weighted by Crippen LogP contribution is -2.47. The Morgan fingerprint density at radius 3 is 0.772 bits per heavy atom. The molecule has 10 heteroatoms. The molecule has 0 saturated heterocycles. The highest BCUT2D eigenvalue weighted by Crippen LogP contribution is 2.87. The van der Waals surface area contributed by atoms with E-state index in [1.807, 2.05) is 58.8 Å². The molecule has 0 aromatic heterocycles. The van der Waals surface area contributed by atoms with Gasteiger partial charge in [-0.1, -0.05) is 86.6 Å². The predicted molar refractivity (Wildman–Crippen MR) is 414 cm³/mol. The molecule has 2 heterocycles. The molecule has 2 aliphatic heterocycles. The van der Waals surface area contributed by atoms with Gasteiger partial charge in [0.05, 0.1) is 31.2 Å². The summed E-state index contributed by atoms with van der Waals surface area (Å²) in [5.74, 6) is 2.69. The average molecular weight is 1310 g/mol. The molecule has 28 aromatic carbocycles. The van der Waals surface area contributed by atoms with Gasteiger partial charge in [0.1, 0.15) is 6.10 Å². The highest BCUT2D eigenvalue weighted by molar-refractivity contribution is 8.45. The van der Waals surface area contributed by atoms with Crippen molar-refractivity contribution in [2.24, 2.45) is 0 Å². The molecule has 0 unspecified atom stereocenters. The summed E-state index contributed by atoms with van der Waals surface area (Å²) in [6.45, 7) is 4.62. The van der Waals surface area contributed by atoms with Crippen LogP contribution in [-0.4, -0.2) is 35.6 Å². The van der Waals surface area contributed by atoms with Gasteiger partial charge in [-0.15, -0.1) is 47.0 Å². The van der Waals surface area contributed by atoms with E-state index in [9.17, 15) is 0 Å². The summed E-state index contributed by atoms with van der Waals surface area (Å²) >= 11 is 15.7. The van der Waals surface area contributed by atoms with Gasteiger partial charge in [0.25, 0.3) is 0 Å². The first-order valence-corrected chi connectivity index (χ1v) is 41.4. The van der Waals surface area contributed by atoms with Gasteiger partial charge < -0.3 is 4.74 Å². The Bertz CT molecular complexity index is 7550. The van der Waals surface area contributed by atoms with Gasteiger partial charge in [-0.3, -0.25) is 4.79 Å². The van der Waals surface area contributed by atoms with Crippen molar-refractivity contribution in [3.8, 4) is 0 Å². The minimum atomic E-state index is -0.394. The number of unbranched alkanes of at least 4 members (excludes halogenated alkanes) is 4. The van der Waals surface area contributed by atoms with Crippen LogP contribution in [0.5, 0.6) is 0 Å². The summed E-state index contributed by atoms with van der Waals surface area (Å²) in [7, 11) is 0. The number of hydrogen-bond donors (Lipinski definition) is 0. The normalized spacial score (nSPS) is 22.7. The maximum atomic E-state index is 15.6. The number of esters is 1. The zero-order valence-corrected chi connectivity index (χ0v) is 55.5.